The van der Waals surface area contributed by atoms with E-state index in [-0.39, 0.29) is 0 Å². The van der Waals surface area contributed by atoms with Crippen LogP contribution in [0, 0.1) is 0 Å². The highest BCUT2D eigenvalue weighted by Gasteiger charge is 2.11. The summed E-state index contributed by atoms with van der Waals surface area (Å²) in [7, 11) is 0. The predicted molar refractivity (Wildman–Crippen MR) is 42.6 cm³/mol. The van der Waals surface area contributed by atoms with Gasteiger partial charge in [-0.2, -0.15) is 0 Å². The Morgan fingerprint density at radius 2 is 2.50 bits per heavy atom. The molecule has 1 unspecified atom stereocenters. The van der Waals surface area contributed by atoms with Gasteiger partial charge < -0.3 is 4.84 Å². The lowest BCUT2D eigenvalue weighted by molar-refractivity contribution is 0.0775. The van der Waals surface area contributed by atoms with E-state index in [4.69, 9.17) is 16.4 Å². The fourth-order valence-electron chi connectivity index (χ4n) is 0.970. The van der Waals surface area contributed by atoms with E-state index in [0.29, 0.717) is 6.10 Å². The van der Waals surface area contributed by atoms with Crippen LogP contribution >= 0.6 is 11.6 Å². The Labute approximate surface area is 66.2 Å². The van der Waals surface area contributed by atoms with Crippen LogP contribution in [-0.2, 0) is 4.84 Å². The van der Waals surface area contributed by atoms with Crippen LogP contribution in [0.4, 0.5) is 0 Å². The van der Waals surface area contributed by atoms with E-state index in [2.05, 4.69) is 5.16 Å². The van der Waals surface area contributed by atoms with E-state index in [9.17, 15) is 0 Å². The number of oxime groups is 1. The third kappa shape index (κ3) is 2.56. The molecule has 0 spiro atoms. The summed E-state index contributed by atoms with van der Waals surface area (Å²) in [5.41, 5.74) is 0. The van der Waals surface area contributed by atoms with Gasteiger partial charge in [-0.1, -0.05) is 5.16 Å². The number of halogens is 1. The minimum absolute atomic E-state index is 0.336. The van der Waals surface area contributed by atoms with Crippen molar-refractivity contribution < 1.29 is 4.84 Å². The molecule has 1 aliphatic rings. The van der Waals surface area contributed by atoms with Crippen LogP contribution in [-0.4, -0.2) is 18.2 Å². The number of hydrogen-bond acceptors (Lipinski definition) is 2. The molecule has 0 aromatic carbocycles. The Balaban J connectivity index is 1.93. The Morgan fingerprint density at radius 3 is 3.10 bits per heavy atom. The molecule has 0 saturated heterocycles. The first-order valence-electron chi connectivity index (χ1n) is 3.67. The van der Waals surface area contributed by atoms with Crippen molar-refractivity contribution in [3.05, 3.63) is 0 Å². The minimum Gasteiger partial charge on any atom is -0.392 e. The number of unbranched alkanes of at least 4 members (excludes halogenated alkanes) is 1. The standard InChI is InChI=1S/C7H12ClNO/c8-5-2-1-3-7-4-6-9-10-7/h6-7H,1-5H2. The zero-order valence-electron chi connectivity index (χ0n) is 5.92. The summed E-state index contributed by atoms with van der Waals surface area (Å²) in [5, 5.41) is 3.69. The highest BCUT2D eigenvalue weighted by molar-refractivity contribution is 6.17. The lowest BCUT2D eigenvalue weighted by Gasteiger charge is -2.05. The normalized spacial score (nSPS) is 23.1. The van der Waals surface area contributed by atoms with Gasteiger partial charge in [0, 0.05) is 18.5 Å². The summed E-state index contributed by atoms with van der Waals surface area (Å²) in [5.74, 6) is 0.758. The summed E-state index contributed by atoms with van der Waals surface area (Å²) in [4.78, 5) is 5.03. The van der Waals surface area contributed by atoms with E-state index < -0.39 is 0 Å². The number of rotatable bonds is 4. The minimum atomic E-state index is 0.336. The molecule has 0 amide bonds. The van der Waals surface area contributed by atoms with Gasteiger partial charge in [-0.25, -0.2) is 0 Å². The van der Waals surface area contributed by atoms with Crippen molar-refractivity contribution in [2.75, 3.05) is 5.88 Å². The maximum Gasteiger partial charge on any atom is 0.132 e. The van der Waals surface area contributed by atoms with Crippen molar-refractivity contribution in [2.45, 2.75) is 31.8 Å². The molecule has 1 aliphatic heterocycles. The zero-order valence-corrected chi connectivity index (χ0v) is 6.68. The third-order valence-corrected chi connectivity index (χ3v) is 1.83. The van der Waals surface area contributed by atoms with Gasteiger partial charge in [-0.3, -0.25) is 0 Å². The van der Waals surface area contributed by atoms with Gasteiger partial charge in [0.25, 0.3) is 0 Å². The maximum absolute atomic E-state index is 5.51. The van der Waals surface area contributed by atoms with Gasteiger partial charge in [0.2, 0.25) is 0 Å². The molecule has 58 valence electrons. The molecule has 1 rings (SSSR count). The highest BCUT2D eigenvalue weighted by atomic mass is 35.5. The molecule has 0 saturated carbocycles. The molecule has 0 aromatic rings. The van der Waals surface area contributed by atoms with E-state index >= 15 is 0 Å². The van der Waals surface area contributed by atoms with Crippen LogP contribution in [0.1, 0.15) is 25.7 Å². The lowest BCUT2D eigenvalue weighted by Crippen LogP contribution is -2.04. The highest BCUT2D eigenvalue weighted by Crippen LogP contribution is 2.12. The first kappa shape index (κ1) is 7.86. The second kappa shape index (κ2) is 4.56. The zero-order chi connectivity index (χ0) is 7.23. The largest absolute Gasteiger partial charge is 0.392 e. The van der Waals surface area contributed by atoms with Gasteiger partial charge in [0.15, 0.2) is 0 Å². The topological polar surface area (TPSA) is 21.6 Å². The van der Waals surface area contributed by atoms with Crippen LogP contribution in [0.3, 0.4) is 0 Å². The predicted octanol–water partition coefficient (Wildman–Crippen LogP) is 2.17. The van der Waals surface area contributed by atoms with Crippen LogP contribution in [0.2, 0.25) is 0 Å². The summed E-state index contributed by atoms with van der Waals surface area (Å²) < 4.78 is 0. The Bertz CT molecular complexity index is 108. The first-order chi connectivity index (χ1) is 4.93. The van der Waals surface area contributed by atoms with Gasteiger partial charge in [-0.15, -0.1) is 11.6 Å². The van der Waals surface area contributed by atoms with E-state index in [1.807, 2.05) is 6.21 Å². The molecule has 10 heavy (non-hydrogen) atoms. The molecule has 0 aromatic heterocycles. The monoisotopic (exact) mass is 161 g/mol. The smallest absolute Gasteiger partial charge is 0.132 e. The average molecular weight is 162 g/mol. The van der Waals surface area contributed by atoms with E-state index in [1.165, 1.54) is 0 Å². The van der Waals surface area contributed by atoms with Crippen LogP contribution in [0.15, 0.2) is 5.16 Å². The lowest BCUT2D eigenvalue weighted by atomic mass is 10.1. The van der Waals surface area contributed by atoms with Gasteiger partial charge in [0.05, 0.1) is 0 Å². The molecule has 3 heteroatoms. The van der Waals surface area contributed by atoms with E-state index in [0.717, 1.165) is 31.6 Å². The number of alkyl halides is 1. The summed E-state index contributed by atoms with van der Waals surface area (Å²) in [6.07, 6.45) is 6.46. The van der Waals surface area contributed by atoms with Crippen molar-refractivity contribution in [1.29, 1.82) is 0 Å². The van der Waals surface area contributed by atoms with Gasteiger partial charge in [0.1, 0.15) is 6.10 Å². The van der Waals surface area contributed by atoms with Crippen molar-refractivity contribution in [2.24, 2.45) is 5.16 Å². The molecular weight excluding hydrogens is 150 g/mol. The summed E-state index contributed by atoms with van der Waals surface area (Å²) in [6.45, 7) is 0. The molecule has 0 aliphatic carbocycles. The second-order valence-electron chi connectivity index (χ2n) is 2.44. The van der Waals surface area contributed by atoms with Crippen molar-refractivity contribution in [1.82, 2.24) is 0 Å². The van der Waals surface area contributed by atoms with Crippen molar-refractivity contribution >= 4 is 17.8 Å². The van der Waals surface area contributed by atoms with Crippen molar-refractivity contribution in [3.63, 3.8) is 0 Å². The van der Waals surface area contributed by atoms with Crippen LogP contribution < -0.4 is 0 Å². The Hall–Kier alpha value is -0.240. The molecule has 0 N–H and O–H groups in total. The van der Waals surface area contributed by atoms with Crippen LogP contribution in [0.5, 0.6) is 0 Å². The molecule has 0 radical (unpaired) electrons. The fourth-order valence-corrected chi connectivity index (χ4v) is 1.16. The average Bonchev–Trinajstić information content (AvgIpc) is 2.41. The molecule has 0 bridgehead atoms. The van der Waals surface area contributed by atoms with Crippen molar-refractivity contribution in [3.8, 4) is 0 Å². The summed E-state index contributed by atoms with van der Waals surface area (Å²) in [6, 6.07) is 0. The second-order valence-corrected chi connectivity index (χ2v) is 2.81. The van der Waals surface area contributed by atoms with Crippen LogP contribution in [0.25, 0.3) is 0 Å². The molecule has 2 nitrogen and oxygen atoms in total. The first-order valence-corrected chi connectivity index (χ1v) is 4.20. The Morgan fingerprint density at radius 1 is 1.60 bits per heavy atom. The summed E-state index contributed by atoms with van der Waals surface area (Å²) >= 11 is 5.51. The molecule has 1 atom stereocenters. The molecule has 0 fully saturated rings. The fraction of sp³-hybridized carbons (Fsp3) is 0.857. The quantitative estimate of drug-likeness (QED) is 0.458. The van der Waals surface area contributed by atoms with Gasteiger partial charge in [-0.05, 0) is 19.3 Å². The van der Waals surface area contributed by atoms with E-state index in [1.54, 1.807) is 0 Å². The Kier molecular flexibility index (Phi) is 3.58. The SMILES string of the molecule is ClCCCCC1CC=NO1. The molecule has 1 heterocycles. The number of hydrogen-bond donors (Lipinski definition) is 0. The maximum atomic E-state index is 5.51. The number of nitrogens with zero attached hydrogens (tertiary/aromatic N) is 1. The molecular formula is C7H12ClNO. The van der Waals surface area contributed by atoms with Gasteiger partial charge >= 0.3 is 0 Å². The third-order valence-electron chi connectivity index (χ3n) is 1.56.